The van der Waals surface area contributed by atoms with Crippen LogP contribution in [0, 0.1) is 0 Å². The largest absolute Gasteiger partial charge is 0.416 e. The van der Waals surface area contributed by atoms with Crippen molar-refractivity contribution in [2.45, 2.75) is 37.3 Å². The van der Waals surface area contributed by atoms with Crippen LogP contribution >= 0.6 is 0 Å². The Morgan fingerprint density at radius 1 is 1.02 bits per heavy atom. The average Bonchev–Trinajstić information content (AvgIpc) is 3.46. The molecule has 1 saturated carbocycles. The maximum absolute atomic E-state index is 13.0. The van der Waals surface area contributed by atoms with Gasteiger partial charge < -0.3 is 21.3 Å². The molecule has 2 aromatic carbocycles. The van der Waals surface area contributed by atoms with Gasteiger partial charge in [0.1, 0.15) is 0 Å². The predicted molar refractivity (Wildman–Crippen MR) is 153 cm³/mol. The van der Waals surface area contributed by atoms with E-state index < -0.39 is 17.8 Å². The highest BCUT2D eigenvalue weighted by molar-refractivity contribution is 6.02. The van der Waals surface area contributed by atoms with Crippen molar-refractivity contribution in [1.29, 1.82) is 0 Å². The smallest absolute Gasteiger partial charge is 0.382 e. The van der Waals surface area contributed by atoms with E-state index >= 15 is 0 Å². The number of benzene rings is 2. The van der Waals surface area contributed by atoms with E-state index in [0.717, 1.165) is 66.0 Å². The van der Waals surface area contributed by atoms with Crippen molar-refractivity contribution in [3.8, 4) is 11.1 Å². The number of halogens is 3. The van der Waals surface area contributed by atoms with Crippen LogP contribution in [0.3, 0.4) is 0 Å². The number of nitrogens with two attached hydrogens (primary N) is 1. The summed E-state index contributed by atoms with van der Waals surface area (Å²) in [5.74, 6) is 0.377. The first-order chi connectivity index (χ1) is 19.5. The van der Waals surface area contributed by atoms with Gasteiger partial charge in [-0.2, -0.15) is 18.3 Å². The quantitative estimate of drug-likeness (QED) is 0.249. The van der Waals surface area contributed by atoms with Crippen molar-refractivity contribution in [3.63, 3.8) is 0 Å². The third-order valence-corrected chi connectivity index (χ3v) is 8.00. The van der Waals surface area contributed by atoms with Gasteiger partial charge in [-0.05, 0) is 73.2 Å². The molecular weight excluding hydrogens is 531 g/mol. The number of pyridine rings is 1. The van der Waals surface area contributed by atoms with Crippen molar-refractivity contribution >= 4 is 34.3 Å². The van der Waals surface area contributed by atoms with Crippen LogP contribution in [0.2, 0.25) is 0 Å². The van der Waals surface area contributed by atoms with Crippen LogP contribution in [0.1, 0.15) is 36.9 Å². The fraction of sp³-hybridized carbons (Fsp3) is 0.300. The van der Waals surface area contributed by atoms with Gasteiger partial charge in [0.05, 0.1) is 22.1 Å². The highest BCUT2D eigenvalue weighted by atomic mass is 19.4. The number of carbonyl (C=O) groups excluding carboxylic acids is 1. The zero-order chi connectivity index (χ0) is 28.9. The highest BCUT2D eigenvalue weighted by Gasteiger charge is 2.50. The number of aromatic nitrogens is 3. The number of alkyl halides is 3. The SMILES string of the molecule is C=C(N1CCCC1)C1(c2cc(-c3ccc(NC(=O)Nc4cccc(C(F)(F)F)c4)cc3)c3c(N)nn(C)c3n2)CC1. The lowest BCUT2D eigenvalue weighted by molar-refractivity contribution is -0.137. The third-order valence-electron chi connectivity index (χ3n) is 8.00. The number of rotatable bonds is 6. The summed E-state index contributed by atoms with van der Waals surface area (Å²) in [6.07, 6.45) is -0.192. The van der Waals surface area contributed by atoms with Gasteiger partial charge in [-0.1, -0.05) is 24.8 Å². The summed E-state index contributed by atoms with van der Waals surface area (Å²) in [5.41, 5.74) is 10.3. The number of nitrogens with one attached hydrogen (secondary N) is 2. The van der Waals surface area contributed by atoms with E-state index in [1.165, 1.54) is 25.0 Å². The summed E-state index contributed by atoms with van der Waals surface area (Å²) in [7, 11) is 1.82. The summed E-state index contributed by atoms with van der Waals surface area (Å²) in [4.78, 5) is 19.9. The number of urea groups is 1. The number of hydrogen-bond donors (Lipinski definition) is 3. The first kappa shape index (κ1) is 26.7. The van der Waals surface area contributed by atoms with Gasteiger partial charge >= 0.3 is 12.2 Å². The molecule has 6 rings (SSSR count). The van der Waals surface area contributed by atoms with Gasteiger partial charge in [-0.25, -0.2) is 14.5 Å². The molecule has 2 aromatic heterocycles. The number of nitrogens with zero attached hydrogens (tertiary/aromatic N) is 4. The molecule has 1 aliphatic carbocycles. The topological polar surface area (TPSA) is 101 Å². The third kappa shape index (κ3) is 4.96. The molecule has 4 aromatic rings. The van der Waals surface area contributed by atoms with Gasteiger partial charge in [0, 0.05) is 37.2 Å². The number of nitrogen functional groups attached to an aromatic ring is 1. The first-order valence-corrected chi connectivity index (χ1v) is 13.5. The predicted octanol–water partition coefficient (Wildman–Crippen LogP) is 6.52. The van der Waals surface area contributed by atoms with Gasteiger partial charge in [0.15, 0.2) is 11.5 Å². The molecule has 1 saturated heterocycles. The second-order valence-corrected chi connectivity index (χ2v) is 10.7. The molecule has 11 heteroatoms. The molecule has 2 fully saturated rings. The standard InChI is InChI=1S/C30H30F3N7O/c1-18(40-14-3-4-15-40)29(12-13-29)24-17-23(25-26(34)38-39(2)27(25)37-24)19-8-10-21(11-9-19)35-28(41)36-22-7-5-6-20(16-22)30(31,32)33/h5-11,16-17H,1,3-4,12-15H2,2H3,(H2,34,38)(H2,35,36,41). The van der Waals surface area contributed by atoms with Crippen molar-refractivity contribution in [1.82, 2.24) is 19.7 Å². The molecule has 0 atom stereocenters. The minimum Gasteiger partial charge on any atom is -0.382 e. The molecule has 1 aliphatic heterocycles. The Morgan fingerprint density at radius 2 is 1.71 bits per heavy atom. The van der Waals surface area contributed by atoms with E-state index in [1.807, 2.05) is 19.2 Å². The van der Waals surface area contributed by atoms with E-state index in [9.17, 15) is 18.0 Å². The summed E-state index contributed by atoms with van der Waals surface area (Å²) >= 11 is 0. The van der Waals surface area contributed by atoms with Crippen LogP contribution in [0.25, 0.3) is 22.2 Å². The molecule has 0 bridgehead atoms. The Hall–Kier alpha value is -4.54. The van der Waals surface area contributed by atoms with Gasteiger partial charge in [-0.3, -0.25) is 0 Å². The molecule has 3 heterocycles. The second-order valence-electron chi connectivity index (χ2n) is 10.7. The Kier molecular flexibility index (Phi) is 6.39. The number of carbonyl (C=O) groups is 1. The number of hydrogen-bond acceptors (Lipinski definition) is 5. The monoisotopic (exact) mass is 561 g/mol. The Labute approximate surface area is 235 Å². The number of aryl methyl sites for hydroxylation is 1. The summed E-state index contributed by atoms with van der Waals surface area (Å²) in [6, 6.07) is 13.1. The minimum atomic E-state index is -4.50. The van der Waals surface area contributed by atoms with Gasteiger partial charge in [0.2, 0.25) is 0 Å². The van der Waals surface area contributed by atoms with E-state index in [4.69, 9.17) is 10.7 Å². The Morgan fingerprint density at radius 3 is 2.37 bits per heavy atom. The van der Waals surface area contributed by atoms with Crippen LogP contribution in [0.15, 0.2) is 66.9 Å². The molecule has 0 unspecified atom stereocenters. The number of allylic oxidation sites excluding steroid dienone is 1. The van der Waals surface area contributed by atoms with E-state index in [2.05, 4.69) is 33.3 Å². The molecule has 2 amide bonds. The van der Waals surface area contributed by atoms with Crippen molar-refractivity contribution in [3.05, 3.63) is 78.1 Å². The van der Waals surface area contributed by atoms with Crippen LogP contribution in [0.4, 0.5) is 35.2 Å². The summed E-state index contributed by atoms with van der Waals surface area (Å²) < 4.78 is 40.7. The van der Waals surface area contributed by atoms with Gasteiger partial charge in [-0.15, -0.1) is 0 Å². The Bertz CT molecular complexity index is 1650. The maximum atomic E-state index is 13.0. The van der Waals surface area contributed by atoms with E-state index in [0.29, 0.717) is 17.2 Å². The number of anilines is 3. The van der Waals surface area contributed by atoms with Crippen LogP contribution in [-0.2, 0) is 18.6 Å². The van der Waals surface area contributed by atoms with Crippen LogP contribution < -0.4 is 16.4 Å². The van der Waals surface area contributed by atoms with Crippen LogP contribution in [-0.4, -0.2) is 38.8 Å². The lowest BCUT2D eigenvalue weighted by atomic mass is 9.93. The number of fused-ring (bicyclic) bond motifs is 1. The normalized spacial score (nSPS) is 16.1. The van der Waals surface area contributed by atoms with Crippen molar-refractivity contribution < 1.29 is 18.0 Å². The molecule has 41 heavy (non-hydrogen) atoms. The second kappa shape index (κ2) is 9.83. The number of amides is 2. The molecule has 0 spiro atoms. The average molecular weight is 562 g/mol. The fourth-order valence-corrected chi connectivity index (χ4v) is 5.66. The number of likely N-dealkylation sites (tertiary alicyclic amines) is 1. The van der Waals surface area contributed by atoms with E-state index in [-0.39, 0.29) is 11.1 Å². The molecule has 212 valence electrons. The molecule has 8 nitrogen and oxygen atoms in total. The minimum absolute atomic E-state index is 0.0391. The first-order valence-electron chi connectivity index (χ1n) is 13.5. The summed E-state index contributed by atoms with van der Waals surface area (Å²) in [5, 5.41) is 10.3. The van der Waals surface area contributed by atoms with Crippen molar-refractivity contribution in [2.24, 2.45) is 7.05 Å². The lowest BCUT2D eigenvalue weighted by Crippen LogP contribution is -2.27. The molecule has 2 aliphatic rings. The van der Waals surface area contributed by atoms with Crippen molar-refractivity contribution in [2.75, 3.05) is 29.5 Å². The molecular formula is C30H30F3N7O. The maximum Gasteiger partial charge on any atom is 0.416 e. The van der Waals surface area contributed by atoms with E-state index in [1.54, 1.807) is 16.8 Å². The highest BCUT2D eigenvalue weighted by Crippen LogP contribution is 2.55. The molecule has 0 radical (unpaired) electrons. The molecule has 4 N–H and O–H groups in total. The lowest BCUT2D eigenvalue weighted by Gasteiger charge is -2.28. The van der Waals surface area contributed by atoms with Gasteiger partial charge in [0.25, 0.3) is 0 Å². The fourth-order valence-electron chi connectivity index (χ4n) is 5.66. The Balaban J connectivity index is 1.27. The zero-order valence-electron chi connectivity index (χ0n) is 22.6. The summed E-state index contributed by atoms with van der Waals surface area (Å²) in [6.45, 7) is 6.52. The van der Waals surface area contributed by atoms with Crippen LogP contribution in [0.5, 0.6) is 0 Å². The zero-order valence-corrected chi connectivity index (χ0v) is 22.6.